The Bertz CT molecular complexity index is 1310. The summed E-state index contributed by atoms with van der Waals surface area (Å²) in [6.07, 6.45) is 3.57. The van der Waals surface area contributed by atoms with Crippen molar-refractivity contribution in [2.75, 3.05) is 25.6 Å². The molecular formula is C25H28ClFN4O4S. The monoisotopic (exact) mass is 534 g/mol. The number of rotatable bonds is 11. The molecule has 36 heavy (non-hydrogen) atoms. The van der Waals surface area contributed by atoms with Crippen LogP contribution in [0.3, 0.4) is 0 Å². The molecule has 2 aromatic carbocycles. The van der Waals surface area contributed by atoms with Gasteiger partial charge in [-0.05, 0) is 54.7 Å². The quantitative estimate of drug-likeness (QED) is 0.383. The summed E-state index contributed by atoms with van der Waals surface area (Å²) in [5, 5.41) is 3.27. The Morgan fingerprint density at radius 1 is 1.25 bits per heavy atom. The molecule has 11 heteroatoms. The highest BCUT2D eigenvalue weighted by atomic mass is 35.5. The van der Waals surface area contributed by atoms with Gasteiger partial charge in [0.05, 0.1) is 30.8 Å². The van der Waals surface area contributed by atoms with Crippen molar-refractivity contribution in [3.8, 4) is 0 Å². The van der Waals surface area contributed by atoms with E-state index in [1.807, 2.05) is 0 Å². The molecule has 1 heterocycles. The molecule has 1 N–H and O–H groups in total. The number of amides is 2. The van der Waals surface area contributed by atoms with E-state index in [1.54, 1.807) is 33.7 Å². The zero-order valence-corrected chi connectivity index (χ0v) is 21.4. The number of carbonyl (C=O) groups is 1. The van der Waals surface area contributed by atoms with Gasteiger partial charge in [0, 0.05) is 30.9 Å². The molecule has 0 radical (unpaired) electrons. The van der Waals surface area contributed by atoms with Gasteiger partial charge >= 0.3 is 6.03 Å². The highest BCUT2D eigenvalue weighted by Crippen LogP contribution is 2.31. The van der Waals surface area contributed by atoms with E-state index in [2.05, 4.69) is 10.3 Å². The van der Waals surface area contributed by atoms with E-state index in [0.717, 1.165) is 12.8 Å². The Morgan fingerprint density at radius 3 is 2.67 bits per heavy atom. The van der Waals surface area contributed by atoms with Gasteiger partial charge in [0.2, 0.25) is 15.0 Å². The largest absolute Gasteiger partial charge is 0.383 e. The van der Waals surface area contributed by atoms with Crippen molar-refractivity contribution in [2.45, 2.75) is 36.8 Å². The number of sulfone groups is 1. The molecule has 0 aliphatic heterocycles. The first kappa shape index (κ1) is 26.1. The predicted molar refractivity (Wildman–Crippen MR) is 135 cm³/mol. The van der Waals surface area contributed by atoms with Gasteiger partial charge in [-0.15, -0.1) is 0 Å². The molecule has 8 nitrogen and oxygen atoms in total. The maximum absolute atomic E-state index is 13.3. The summed E-state index contributed by atoms with van der Waals surface area (Å²) in [7, 11) is -2.32. The van der Waals surface area contributed by atoms with Crippen LogP contribution in [0, 0.1) is 11.7 Å². The molecule has 0 atom stereocenters. The predicted octanol–water partition coefficient (Wildman–Crippen LogP) is 4.74. The number of benzene rings is 2. The minimum absolute atomic E-state index is 0.111. The maximum Gasteiger partial charge on any atom is 0.322 e. The fraction of sp³-hybridized carbons (Fsp3) is 0.360. The number of hydrogen-bond donors (Lipinski definition) is 1. The number of urea groups is 1. The van der Waals surface area contributed by atoms with E-state index in [9.17, 15) is 17.6 Å². The Labute approximate surface area is 215 Å². The zero-order valence-electron chi connectivity index (χ0n) is 19.9. The fourth-order valence-corrected chi connectivity index (χ4v) is 5.56. The third kappa shape index (κ3) is 6.83. The Balaban J connectivity index is 1.58. The minimum Gasteiger partial charge on any atom is -0.383 e. The summed E-state index contributed by atoms with van der Waals surface area (Å²) < 4.78 is 46.5. The number of methoxy groups -OCH3 is 1. The number of hydrogen-bond acceptors (Lipinski definition) is 5. The summed E-state index contributed by atoms with van der Waals surface area (Å²) in [6, 6.07) is 11.9. The lowest BCUT2D eigenvalue weighted by molar-refractivity contribution is 0.180. The molecule has 1 aliphatic rings. The van der Waals surface area contributed by atoms with Crippen LogP contribution in [0.2, 0.25) is 5.02 Å². The summed E-state index contributed by atoms with van der Waals surface area (Å²) >= 11 is 6.05. The number of imidazole rings is 1. The fourth-order valence-electron chi connectivity index (χ4n) is 3.85. The van der Waals surface area contributed by atoms with Crippen molar-refractivity contribution in [3.05, 3.63) is 76.8 Å². The highest BCUT2D eigenvalue weighted by molar-refractivity contribution is 7.90. The first-order valence-corrected chi connectivity index (χ1v) is 13.6. The molecule has 1 aliphatic carbocycles. The maximum atomic E-state index is 13.3. The second-order valence-corrected chi connectivity index (χ2v) is 11.1. The molecule has 1 fully saturated rings. The van der Waals surface area contributed by atoms with Crippen LogP contribution in [0.25, 0.3) is 0 Å². The number of ether oxygens (including phenoxy) is 1. The molecule has 1 aromatic heterocycles. The summed E-state index contributed by atoms with van der Waals surface area (Å²) in [4.78, 5) is 19.0. The Hall–Kier alpha value is -2.95. The molecule has 0 bridgehead atoms. The van der Waals surface area contributed by atoms with Crippen LogP contribution >= 0.6 is 11.6 Å². The molecule has 192 valence electrons. The highest BCUT2D eigenvalue weighted by Gasteiger charge is 2.29. The number of anilines is 1. The van der Waals surface area contributed by atoms with Gasteiger partial charge in [0.25, 0.3) is 0 Å². The minimum atomic E-state index is -3.85. The van der Waals surface area contributed by atoms with Gasteiger partial charge in [0.1, 0.15) is 5.82 Å². The lowest BCUT2D eigenvalue weighted by Gasteiger charge is -2.24. The van der Waals surface area contributed by atoms with Crippen molar-refractivity contribution < 1.29 is 22.3 Å². The van der Waals surface area contributed by atoms with Crippen LogP contribution in [0.4, 0.5) is 14.9 Å². The van der Waals surface area contributed by atoms with Gasteiger partial charge in [-0.25, -0.2) is 22.6 Å². The molecule has 2 amide bonds. The van der Waals surface area contributed by atoms with Crippen LogP contribution in [0.5, 0.6) is 0 Å². The van der Waals surface area contributed by atoms with Crippen LogP contribution in [-0.4, -0.2) is 49.2 Å². The number of carbonyl (C=O) groups excluding carboxylic acids is 1. The van der Waals surface area contributed by atoms with Gasteiger partial charge in [-0.3, -0.25) is 0 Å². The standard InChI is InChI=1S/C25H28ClFN4O4S/c1-35-12-11-31-23(14-28-25(31)36(33,34)17-19-7-9-21(27)10-8-19)16-30(15-18-5-6-18)24(32)29-22-4-2-3-20(26)13-22/h2-4,7-10,13-14,18H,5-6,11-12,15-17H2,1H3,(H,29,32). The third-order valence-electron chi connectivity index (χ3n) is 5.86. The van der Waals surface area contributed by atoms with E-state index >= 15 is 0 Å². The lowest BCUT2D eigenvalue weighted by atomic mass is 10.2. The molecule has 3 aromatic rings. The van der Waals surface area contributed by atoms with Gasteiger partial charge in [0.15, 0.2) is 0 Å². The molecule has 0 saturated heterocycles. The lowest BCUT2D eigenvalue weighted by Crippen LogP contribution is -2.37. The molecule has 0 spiro atoms. The van der Waals surface area contributed by atoms with Gasteiger partial charge in [-0.1, -0.05) is 29.8 Å². The molecule has 1 saturated carbocycles. The first-order chi connectivity index (χ1) is 17.2. The van der Waals surface area contributed by atoms with Crippen LogP contribution in [0.1, 0.15) is 24.1 Å². The van der Waals surface area contributed by atoms with Gasteiger partial charge in [-0.2, -0.15) is 0 Å². The van der Waals surface area contributed by atoms with E-state index in [-0.39, 0.29) is 36.6 Å². The van der Waals surface area contributed by atoms with Crippen LogP contribution in [-0.2, 0) is 33.4 Å². The smallest absolute Gasteiger partial charge is 0.322 e. The average Bonchev–Trinajstić information content (AvgIpc) is 3.56. The van der Waals surface area contributed by atoms with E-state index < -0.39 is 15.7 Å². The van der Waals surface area contributed by atoms with Crippen molar-refractivity contribution in [1.29, 1.82) is 0 Å². The number of aromatic nitrogens is 2. The Morgan fingerprint density at radius 2 is 2.00 bits per heavy atom. The van der Waals surface area contributed by atoms with E-state index in [1.165, 1.54) is 37.6 Å². The second kappa shape index (κ2) is 11.4. The van der Waals surface area contributed by atoms with Crippen molar-refractivity contribution in [3.63, 3.8) is 0 Å². The Kier molecular flexibility index (Phi) is 8.28. The average molecular weight is 535 g/mol. The van der Waals surface area contributed by atoms with Crippen molar-refractivity contribution in [1.82, 2.24) is 14.5 Å². The van der Waals surface area contributed by atoms with Crippen LogP contribution < -0.4 is 5.32 Å². The number of nitrogens with one attached hydrogen (secondary N) is 1. The molecular weight excluding hydrogens is 507 g/mol. The summed E-state index contributed by atoms with van der Waals surface area (Å²) in [5.74, 6) is -0.350. The van der Waals surface area contributed by atoms with Crippen molar-refractivity contribution in [2.24, 2.45) is 5.92 Å². The topological polar surface area (TPSA) is 93.5 Å². The molecule has 0 unspecified atom stereocenters. The zero-order chi connectivity index (χ0) is 25.7. The summed E-state index contributed by atoms with van der Waals surface area (Å²) in [6.45, 7) is 1.22. The number of halogens is 2. The number of nitrogens with zero attached hydrogens (tertiary/aromatic N) is 3. The first-order valence-electron chi connectivity index (χ1n) is 11.6. The molecule has 4 rings (SSSR count). The van der Waals surface area contributed by atoms with Crippen molar-refractivity contribution >= 4 is 33.2 Å². The van der Waals surface area contributed by atoms with Crippen LogP contribution in [0.15, 0.2) is 59.9 Å². The van der Waals surface area contributed by atoms with E-state index in [0.29, 0.717) is 34.4 Å². The normalized spacial score (nSPS) is 13.5. The second-order valence-electron chi connectivity index (χ2n) is 8.83. The SMILES string of the molecule is COCCn1c(CN(CC2CC2)C(=O)Nc2cccc(Cl)c2)cnc1S(=O)(=O)Cc1ccc(F)cc1. The van der Waals surface area contributed by atoms with E-state index in [4.69, 9.17) is 16.3 Å². The summed E-state index contributed by atoms with van der Waals surface area (Å²) in [5.41, 5.74) is 1.60. The third-order valence-corrected chi connectivity index (χ3v) is 7.69. The van der Waals surface area contributed by atoms with Gasteiger partial charge < -0.3 is 19.5 Å².